The van der Waals surface area contributed by atoms with E-state index in [0.717, 1.165) is 57.8 Å². The molecule has 3 nitrogen and oxygen atoms in total. The first-order chi connectivity index (χ1) is 14.4. The van der Waals surface area contributed by atoms with Gasteiger partial charge in [-0.05, 0) is 86.5 Å². The predicted molar refractivity (Wildman–Crippen MR) is 113 cm³/mol. The van der Waals surface area contributed by atoms with Crippen molar-refractivity contribution in [1.29, 1.82) is 0 Å². The first kappa shape index (κ1) is 20.4. The van der Waals surface area contributed by atoms with Crippen molar-refractivity contribution in [2.75, 3.05) is 0 Å². The number of carbonyl (C=O) groups excluding carboxylic acids is 1. The highest BCUT2D eigenvalue weighted by Gasteiger charge is 2.64. The molecule has 5 aliphatic carbocycles. The smallest absolute Gasteiger partial charge is 0.238 e. The van der Waals surface area contributed by atoms with Crippen LogP contribution in [-0.4, -0.2) is 24.4 Å². The quantitative estimate of drug-likeness (QED) is 0.725. The lowest BCUT2D eigenvalue weighted by Crippen LogP contribution is -2.62. The van der Waals surface area contributed by atoms with Crippen molar-refractivity contribution in [3.63, 3.8) is 0 Å². The molecule has 0 aromatic heterocycles. The number of nitrogens with two attached hydrogens (primary N) is 1. The van der Waals surface area contributed by atoms with Crippen molar-refractivity contribution in [2.45, 2.75) is 88.1 Å². The van der Waals surface area contributed by atoms with Crippen LogP contribution in [0.3, 0.4) is 0 Å². The number of rotatable bonds is 5. The van der Waals surface area contributed by atoms with Gasteiger partial charge < -0.3 is 11.1 Å². The van der Waals surface area contributed by atoms with E-state index < -0.39 is 6.43 Å². The summed E-state index contributed by atoms with van der Waals surface area (Å²) in [6.45, 7) is 0. The van der Waals surface area contributed by atoms with Gasteiger partial charge >= 0.3 is 0 Å². The van der Waals surface area contributed by atoms with Gasteiger partial charge in [-0.2, -0.15) is 0 Å². The van der Waals surface area contributed by atoms with Crippen LogP contribution in [0.2, 0.25) is 0 Å². The molecule has 30 heavy (non-hydrogen) atoms. The monoisotopic (exact) mass is 416 g/mol. The summed E-state index contributed by atoms with van der Waals surface area (Å²) in [5, 5.41) is 3.38. The molecule has 5 heteroatoms. The number of halogens is 2. The maximum Gasteiger partial charge on any atom is 0.238 e. The molecular formula is C25H34F2N2O. The van der Waals surface area contributed by atoms with Gasteiger partial charge in [0.2, 0.25) is 12.3 Å². The van der Waals surface area contributed by atoms with Crippen LogP contribution >= 0.6 is 0 Å². The standard InChI is InChI=1S/C25H34F2N2O/c26-22(27)10-21-16-11-24(18-4-2-1-3-5-18)12-17(21)14-25(13-16,15-24)23(30)29-20-8-6-19(28)7-9-20/h1-5,16-17,19-22H,6-15,28H2,(H,29,30). The van der Waals surface area contributed by atoms with E-state index in [2.05, 4.69) is 29.6 Å². The first-order valence-corrected chi connectivity index (χ1v) is 11.8. The van der Waals surface area contributed by atoms with Crippen LogP contribution < -0.4 is 11.1 Å². The maximum atomic E-state index is 13.7. The van der Waals surface area contributed by atoms with Crippen LogP contribution in [0.1, 0.15) is 69.8 Å². The minimum absolute atomic E-state index is 0.00157. The number of hydrogen-bond donors (Lipinski definition) is 2. The zero-order valence-corrected chi connectivity index (χ0v) is 17.7. The lowest BCUT2D eigenvalue weighted by atomic mass is 9.39. The Morgan fingerprint density at radius 3 is 2.27 bits per heavy atom. The third-order valence-corrected chi connectivity index (χ3v) is 8.92. The molecule has 0 radical (unpaired) electrons. The van der Waals surface area contributed by atoms with Gasteiger partial charge in [0.1, 0.15) is 0 Å². The molecule has 1 aromatic carbocycles. The molecule has 2 unspecified atom stereocenters. The number of carbonyl (C=O) groups is 1. The average molecular weight is 417 g/mol. The predicted octanol–water partition coefficient (Wildman–Crippen LogP) is 4.79. The van der Waals surface area contributed by atoms with Gasteiger partial charge in [-0.15, -0.1) is 0 Å². The van der Waals surface area contributed by atoms with Crippen molar-refractivity contribution < 1.29 is 13.6 Å². The Labute approximate surface area is 178 Å². The Bertz CT molecular complexity index is 759. The highest BCUT2D eigenvalue weighted by molar-refractivity contribution is 5.84. The Morgan fingerprint density at radius 1 is 1.03 bits per heavy atom. The van der Waals surface area contributed by atoms with Crippen LogP contribution in [0.15, 0.2) is 30.3 Å². The molecule has 5 fully saturated rings. The van der Waals surface area contributed by atoms with Crippen molar-refractivity contribution in [2.24, 2.45) is 28.9 Å². The number of nitrogens with one attached hydrogen (secondary N) is 1. The molecule has 6 rings (SSSR count). The maximum absolute atomic E-state index is 13.7. The molecule has 1 amide bonds. The lowest BCUT2D eigenvalue weighted by Gasteiger charge is -2.64. The summed E-state index contributed by atoms with van der Waals surface area (Å²) in [5.74, 6) is 0.709. The summed E-state index contributed by atoms with van der Waals surface area (Å²) >= 11 is 0. The van der Waals surface area contributed by atoms with E-state index in [1.165, 1.54) is 5.56 Å². The normalized spacial score (nSPS) is 42.5. The van der Waals surface area contributed by atoms with E-state index in [1.54, 1.807) is 0 Å². The molecule has 2 atom stereocenters. The van der Waals surface area contributed by atoms with Crippen LogP contribution in [0, 0.1) is 23.2 Å². The molecule has 0 heterocycles. The third-order valence-electron chi connectivity index (χ3n) is 8.92. The second-order valence-electron chi connectivity index (χ2n) is 10.8. The number of hydrogen-bond acceptors (Lipinski definition) is 2. The molecule has 5 aliphatic rings. The zero-order valence-electron chi connectivity index (χ0n) is 17.7. The van der Waals surface area contributed by atoms with Crippen molar-refractivity contribution in [3.8, 4) is 0 Å². The summed E-state index contributed by atoms with van der Waals surface area (Å²) in [7, 11) is 0. The number of amides is 1. The number of alkyl halides is 2. The van der Waals surface area contributed by atoms with Gasteiger partial charge in [0, 0.05) is 18.5 Å². The van der Waals surface area contributed by atoms with Gasteiger partial charge in [0.05, 0.1) is 5.41 Å². The molecule has 3 N–H and O–H groups in total. The molecule has 164 valence electrons. The Balaban J connectivity index is 1.42. The first-order valence-electron chi connectivity index (χ1n) is 11.8. The average Bonchev–Trinajstić information content (AvgIpc) is 2.72. The molecule has 4 bridgehead atoms. The molecule has 1 aromatic rings. The molecule has 0 saturated heterocycles. The van der Waals surface area contributed by atoms with Crippen molar-refractivity contribution in [1.82, 2.24) is 5.32 Å². The molecule has 0 aliphatic heterocycles. The van der Waals surface area contributed by atoms with E-state index in [-0.39, 0.29) is 53.0 Å². The minimum Gasteiger partial charge on any atom is -0.353 e. The summed E-state index contributed by atoms with van der Waals surface area (Å²) in [6, 6.07) is 11.0. The van der Waals surface area contributed by atoms with Gasteiger partial charge in [-0.25, -0.2) is 8.78 Å². The lowest BCUT2D eigenvalue weighted by molar-refractivity contribution is -0.161. The second kappa shape index (κ2) is 7.58. The highest BCUT2D eigenvalue weighted by Crippen LogP contribution is 2.68. The Hall–Kier alpha value is -1.49. The second-order valence-corrected chi connectivity index (χ2v) is 10.8. The van der Waals surface area contributed by atoms with Crippen LogP contribution in [0.25, 0.3) is 0 Å². The van der Waals surface area contributed by atoms with Crippen LogP contribution in [-0.2, 0) is 10.2 Å². The van der Waals surface area contributed by atoms with Gasteiger partial charge in [0.25, 0.3) is 0 Å². The van der Waals surface area contributed by atoms with E-state index in [4.69, 9.17) is 5.73 Å². The van der Waals surface area contributed by atoms with Crippen LogP contribution in [0.4, 0.5) is 8.78 Å². The fourth-order valence-electron chi connectivity index (χ4n) is 7.83. The fraction of sp³-hybridized carbons (Fsp3) is 0.720. The topological polar surface area (TPSA) is 55.1 Å². The molecule has 5 saturated carbocycles. The van der Waals surface area contributed by atoms with Crippen molar-refractivity contribution >= 4 is 5.91 Å². The minimum atomic E-state index is -2.25. The van der Waals surface area contributed by atoms with Gasteiger partial charge in [-0.3, -0.25) is 4.79 Å². The molecular weight excluding hydrogens is 382 g/mol. The number of benzene rings is 1. The van der Waals surface area contributed by atoms with Crippen LogP contribution in [0.5, 0.6) is 0 Å². The van der Waals surface area contributed by atoms with E-state index in [0.29, 0.717) is 0 Å². The third kappa shape index (κ3) is 3.47. The van der Waals surface area contributed by atoms with Gasteiger partial charge in [0.15, 0.2) is 0 Å². The summed E-state index contributed by atoms with van der Waals surface area (Å²) in [4.78, 5) is 13.7. The molecule has 0 spiro atoms. The van der Waals surface area contributed by atoms with E-state index >= 15 is 0 Å². The summed E-state index contributed by atoms with van der Waals surface area (Å²) in [5.41, 5.74) is 6.92. The van der Waals surface area contributed by atoms with Crippen molar-refractivity contribution in [3.05, 3.63) is 35.9 Å². The Kier molecular flexibility index (Phi) is 5.16. The Morgan fingerprint density at radius 2 is 1.67 bits per heavy atom. The largest absolute Gasteiger partial charge is 0.353 e. The fourth-order valence-corrected chi connectivity index (χ4v) is 7.83. The van der Waals surface area contributed by atoms with E-state index in [1.807, 2.05) is 6.07 Å². The summed E-state index contributed by atoms with van der Waals surface area (Å²) in [6.07, 6.45) is 5.94. The summed E-state index contributed by atoms with van der Waals surface area (Å²) < 4.78 is 26.7. The van der Waals surface area contributed by atoms with Gasteiger partial charge in [-0.1, -0.05) is 30.3 Å². The zero-order chi connectivity index (χ0) is 20.9. The SMILES string of the molecule is NC1CCC(NC(=O)C23CC4CC(c5ccccc5)(CC(C2)C4CC(F)F)C3)CC1. The highest BCUT2D eigenvalue weighted by atomic mass is 19.3. The van der Waals surface area contributed by atoms with E-state index in [9.17, 15) is 13.6 Å².